The van der Waals surface area contributed by atoms with Gasteiger partial charge < -0.3 is 14.5 Å². The number of nitrogens with one attached hydrogen (secondary N) is 1. The minimum Gasteiger partial charge on any atom is -0.453 e. The molecule has 0 aliphatic carbocycles. The Kier molecular flexibility index (Phi) is 6.59. The highest BCUT2D eigenvalue weighted by Crippen LogP contribution is 2.28. The number of hydrogen-bond acceptors (Lipinski definition) is 5. The van der Waals surface area contributed by atoms with E-state index in [9.17, 15) is 14.4 Å². The number of anilines is 1. The van der Waals surface area contributed by atoms with Crippen molar-refractivity contribution in [1.29, 1.82) is 0 Å². The first kappa shape index (κ1) is 20.9. The van der Waals surface area contributed by atoms with Crippen molar-refractivity contribution in [3.05, 3.63) is 74.9 Å². The molecular weight excluding hydrogens is 441 g/mol. The summed E-state index contributed by atoms with van der Waals surface area (Å²) >= 11 is 17.9. The Morgan fingerprint density at radius 1 is 1.00 bits per heavy atom. The molecule has 0 bridgehead atoms. The molecule has 2 aromatic carbocycles. The Bertz CT molecular complexity index is 1090. The fourth-order valence-electron chi connectivity index (χ4n) is 2.39. The molecule has 0 unspecified atom stereocenters. The maximum absolute atomic E-state index is 12.4. The first-order valence-electron chi connectivity index (χ1n) is 8.14. The number of furan rings is 1. The molecule has 6 nitrogen and oxygen atoms in total. The van der Waals surface area contributed by atoms with E-state index in [1.54, 1.807) is 18.2 Å². The molecular formula is C20H12Cl3NO5. The van der Waals surface area contributed by atoms with Crippen molar-refractivity contribution in [3.8, 4) is 11.3 Å². The lowest BCUT2D eigenvalue weighted by molar-refractivity contribution is -0.119. The number of carbonyl (C=O) groups is 3. The predicted octanol–water partition coefficient (Wildman–Crippen LogP) is 5.51. The minimum absolute atomic E-state index is 0.0433. The molecule has 0 saturated heterocycles. The molecule has 0 spiro atoms. The van der Waals surface area contributed by atoms with E-state index in [0.717, 1.165) is 0 Å². The molecule has 148 valence electrons. The summed E-state index contributed by atoms with van der Waals surface area (Å²) in [6.07, 6.45) is 0.569. The number of ether oxygens (including phenoxy) is 1. The number of amides is 1. The van der Waals surface area contributed by atoms with Crippen LogP contribution in [-0.4, -0.2) is 24.8 Å². The molecule has 0 fully saturated rings. The lowest BCUT2D eigenvalue weighted by Crippen LogP contribution is -2.21. The molecule has 1 heterocycles. The smallest absolute Gasteiger partial charge is 0.340 e. The monoisotopic (exact) mass is 451 g/mol. The lowest BCUT2D eigenvalue weighted by Gasteiger charge is -2.09. The Balaban J connectivity index is 1.68. The van der Waals surface area contributed by atoms with Crippen LogP contribution in [0.4, 0.5) is 5.69 Å². The van der Waals surface area contributed by atoms with E-state index < -0.39 is 18.5 Å². The van der Waals surface area contributed by atoms with E-state index in [1.165, 1.54) is 30.3 Å². The summed E-state index contributed by atoms with van der Waals surface area (Å²) in [5.41, 5.74) is 0.857. The molecule has 0 radical (unpaired) electrons. The van der Waals surface area contributed by atoms with E-state index in [-0.39, 0.29) is 21.4 Å². The SMILES string of the molecule is O=Cc1ccc(-c2ccc(Cl)c(C(=O)OCC(=O)Nc3cc(Cl)ccc3Cl)c2)o1. The van der Waals surface area contributed by atoms with E-state index in [2.05, 4.69) is 5.32 Å². The standard InChI is InChI=1S/C20H12Cl3NO5/c21-12-2-5-16(23)17(8-12)24-19(26)10-28-20(27)14-7-11(1-4-15(14)22)18-6-3-13(9-25)29-18/h1-9H,10H2,(H,24,26). The van der Waals surface area contributed by atoms with Crippen LogP contribution < -0.4 is 5.32 Å². The van der Waals surface area contributed by atoms with E-state index >= 15 is 0 Å². The fraction of sp³-hybridized carbons (Fsp3) is 0.0500. The number of rotatable bonds is 6. The molecule has 9 heteroatoms. The molecule has 1 amide bonds. The summed E-state index contributed by atoms with van der Waals surface area (Å²) in [7, 11) is 0. The fourth-order valence-corrected chi connectivity index (χ4v) is 2.93. The van der Waals surface area contributed by atoms with Crippen LogP contribution in [0.1, 0.15) is 20.9 Å². The number of carbonyl (C=O) groups excluding carboxylic acids is 3. The summed E-state index contributed by atoms with van der Waals surface area (Å²) in [6.45, 7) is -0.557. The second kappa shape index (κ2) is 9.13. The zero-order chi connectivity index (χ0) is 21.0. The van der Waals surface area contributed by atoms with Gasteiger partial charge in [0.25, 0.3) is 5.91 Å². The van der Waals surface area contributed by atoms with Crippen molar-refractivity contribution >= 4 is 58.7 Å². The number of benzene rings is 2. The van der Waals surface area contributed by atoms with Crippen LogP contribution in [0.5, 0.6) is 0 Å². The first-order chi connectivity index (χ1) is 13.9. The van der Waals surface area contributed by atoms with Crippen molar-refractivity contribution < 1.29 is 23.5 Å². The second-order valence-corrected chi connectivity index (χ2v) is 7.01. The number of hydrogen-bond donors (Lipinski definition) is 1. The lowest BCUT2D eigenvalue weighted by atomic mass is 10.1. The van der Waals surface area contributed by atoms with Gasteiger partial charge in [-0.2, -0.15) is 0 Å². The Hall–Kier alpha value is -2.80. The molecule has 1 N–H and O–H groups in total. The maximum atomic E-state index is 12.4. The Morgan fingerprint density at radius 3 is 2.48 bits per heavy atom. The predicted molar refractivity (Wildman–Crippen MR) is 110 cm³/mol. The highest BCUT2D eigenvalue weighted by Gasteiger charge is 2.17. The normalized spacial score (nSPS) is 10.4. The van der Waals surface area contributed by atoms with Crippen molar-refractivity contribution in [2.45, 2.75) is 0 Å². The Labute approximate surface area is 180 Å². The van der Waals surface area contributed by atoms with Gasteiger partial charge in [-0.05, 0) is 48.5 Å². The van der Waals surface area contributed by atoms with Crippen molar-refractivity contribution in [1.82, 2.24) is 0 Å². The number of halogens is 3. The maximum Gasteiger partial charge on any atom is 0.340 e. The van der Waals surface area contributed by atoms with Gasteiger partial charge in [0.2, 0.25) is 0 Å². The largest absolute Gasteiger partial charge is 0.453 e. The van der Waals surface area contributed by atoms with Gasteiger partial charge in [0.1, 0.15) is 5.76 Å². The number of aldehydes is 1. The molecule has 1 aromatic heterocycles. The molecule has 29 heavy (non-hydrogen) atoms. The van der Waals surface area contributed by atoms with Gasteiger partial charge in [-0.1, -0.05) is 34.8 Å². The topological polar surface area (TPSA) is 85.6 Å². The summed E-state index contributed by atoms with van der Waals surface area (Å²) in [6, 6.07) is 12.2. The molecule has 0 aliphatic heterocycles. The summed E-state index contributed by atoms with van der Waals surface area (Å²) < 4.78 is 10.4. The number of esters is 1. The highest BCUT2D eigenvalue weighted by atomic mass is 35.5. The quantitative estimate of drug-likeness (QED) is 0.393. The molecule has 0 atom stereocenters. The summed E-state index contributed by atoms with van der Waals surface area (Å²) in [4.78, 5) is 35.2. The minimum atomic E-state index is -0.800. The molecule has 3 rings (SSSR count). The summed E-state index contributed by atoms with van der Waals surface area (Å²) in [5.74, 6) is -0.871. The third kappa shape index (κ3) is 5.17. The molecule has 0 saturated carbocycles. The average molecular weight is 453 g/mol. The van der Waals surface area contributed by atoms with Gasteiger partial charge >= 0.3 is 5.97 Å². The third-order valence-corrected chi connectivity index (χ3v) is 4.64. The van der Waals surface area contributed by atoms with Gasteiger partial charge in [-0.15, -0.1) is 0 Å². The van der Waals surface area contributed by atoms with E-state index in [0.29, 0.717) is 28.3 Å². The zero-order valence-corrected chi connectivity index (χ0v) is 16.8. The van der Waals surface area contributed by atoms with Crippen molar-refractivity contribution in [2.24, 2.45) is 0 Å². The van der Waals surface area contributed by atoms with Gasteiger partial charge in [0.15, 0.2) is 18.7 Å². The van der Waals surface area contributed by atoms with E-state index in [4.69, 9.17) is 44.0 Å². The van der Waals surface area contributed by atoms with E-state index in [1.807, 2.05) is 0 Å². The third-order valence-electron chi connectivity index (χ3n) is 3.75. The van der Waals surface area contributed by atoms with Crippen LogP contribution in [0.25, 0.3) is 11.3 Å². The van der Waals surface area contributed by atoms with Gasteiger partial charge in [-0.25, -0.2) is 4.79 Å². The van der Waals surface area contributed by atoms with Crippen LogP contribution >= 0.6 is 34.8 Å². The van der Waals surface area contributed by atoms with Crippen molar-refractivity contribution in [2.75, 3.05) is 11.9 Å². The zero-order valence-electron chi connectivity index (χ0n) is 14.6. The second-order valence-electron chi connectivity index (χ2n) is 5.76. The van der Waals surface area contributed by atoms with Crippen LogP contribution in [0.3, 0.4) is 0 Å². The van der Waals surface area contributed by atoms with Crippen LogP contribution in [0.15, 0.2) is 52.9 Å². The van der Waals surface area contributed by atoms with Crippen LogP contribution in [0.2, 0.25) is 15.1 Å². The van der Waals surface area contributed by atoms with Crippen LogP contribution in [-0.2, 0) is 9.53 Å². The van der Waals surface area contributed by atoms with Crippen LogP contribution in [0, 0.1) is 0 Å². The van der Waals surface area contributed by atoms with Gasteiger partial charge in [-0.3, -0.25) is 9.59 Å². The summed E-state index contributed by atoms with van der Waals surface area (Å²) in [5, 5.41) is 3.32. The van der Waals surface area contributed by atoms with Crippen molar-refractivity contribution in [3.63, 3.8) is 0 Å². The molecule has 0 aliphatic rings. The van der Waals surface area contributed by atoms with Gasteiger partial charge in [0, 0.05) is 10.6 Å². The van der Waals surface area contributed by atoms with Gasteiger partial charge in [0.05, 0.1) is 21.3 Å². The average Bonchev–Trinajstić information content (AvgIpc) is 3.18. The Morgan fingerprint density at radius 2 is 1.76 bits per heavy atom. The highest BCUT2D eigenvalue weighted by molar-refractivity contribution is 6.35. The molecule has 3 aromatic rings. The first-order valence-corrected chi connectivity index (χ1v) is 9.27.